The van der Waals surface area contributed by atoms with Crippen LogP contribution in [0.5, 0.6) is 0 Å². The maximum atomic E-state index is 11.6. The fourth-order valence-corrected chi connectivity index (χ4v) is 1.51. The van der Waals surface area contributed by atoms with Gasteiger partial charge in [-0.3, -0.25) is 0 Å². The first-order chi connectivity index (χ1) is 8.67. The van der Waals surface area contributed by atoms with E-state index in [1.165, 1.54) is 0 Å². The highest BCUT2D eigenvalue weighted by molar-refractivity contribution is 5.88. The third-order valence-corrected chi connectivity index (χ3v) is 2.32. The molecule has 18 heavy (non-hydrogen) atoms. The molecule has 0 amide bonds. The lowest BCUT2D eigenvalue weighted by molar-refractivity contribution is 0.0518. The summed E-state index contributed by atoms with van der Waals surface area (Å²) in [5.74, 6) is 0.660. The fourth-order valence-electron chi connectivity index (χ4n) is 1.51. The molecule has 6 nitrogen and oxygen atoms in total. The first-order valence-corrected chi connectivity index (χ1v) is 5.47. The van der Waals surface area contributed by atoms with Crippen molar-refractivity contribution in [2.45, 2.75) is 13.8 Å². The predicted molar refractivity (Wildman–Crippen MR) is 64.8 cm³/mol. The number of carbonyl (C=O) groups is 1. The highest BCUT2D eigenvalue weighted by Crippen LogP contribution is 2.20. The molecule has 0 atom stereocenters. The molecular weight excluding hydrogens is 234 g/mol. The van der Waals surface area contributed by atoms with Gasteiger partial charge in [-0.2, -0.15) is 4.98 Å². The Morgan fingerprint density at radius 1 is 1.67 bits per heavy atom. The van der Waals surface area contributed by atoms with Gasteiger partial charge in [0, 0.05) is 18.6 Å². The van der Waals surface area contributed by atoms with E-state index < -0.39 is 5.97 Å². The van der Waals surface area contributed by atoms with Crippen molar-refractivity contribution in [2.75, 3.05) is 6.61 Å². The van der Waals surface area contributed by atoms with Crippen molar-refractivity contribution >= 4 is 12.2 Å². The number of carbonyl (C=O) groups excluding carboxylic acids is 1. The van der Waals surface area contributed by atoms with E-state index in [0.717, 1.165) is 0 Å². The van der Waals surface area contributed by atoms with Gasteiger partial charge in [0.15, 0.2) is 5.69 Å². The van der Waals surface area contributed by atoms with E-state index in [2.05, 4.69) is 16.5 Å². The summed E-state index contributed by atoms with van der Waals surface area (Å²) >= 11 is 0. The van der Waals surface area contributed by atoms with Gasteiger partial charge in [0.05, 0.1) is 6.61 Å². The van der Waals surface area contributed by atoms with Crippen LogP contribution in [0.15, 0.2) is 23.4 Å². The lowest BCUT2D eigenvalue weighted by atomic mass is 10.4. The quantitative estimate of drug-likeness (QED) is 0.774. The molecule has 6 heteroatoms. The Hall–Kier alpha value is -2.37. The second kappa shape index (κ2) is 4.87. The van der Waals surface area contributed by atoms with Crippen molar-refractivity contribution < 1.29 is 13.9 Å². The first-order valence-electron chi connectivity index (χ1n) is 5.47. The molecule has 0 aliphatic rings. The number of esters is 1. The van der Waals surface area contributed by atoms with Gasteiger partial charge in [-0.25, -0.2) is 9.78 Å². The molecule has 0 unspecified atom stereocenters. The minimum atomic E-state index is -0.498. The van der Waals surface area contributed by atoms with Crippen LogP contribution in [0.3, 0.4) is 0 Å². The third-order valence-electron chi connectivity index (χ3n) is 2.32. The minimum Gasteiger partial charge on any atom is -0.461 e. The third kappa shape index (κ3) is 2.04. The minimum absolute atomic E-state index is 0.172. The van der Waals surface area contributed by atoms with E-state index in [9.17, 15) is 4.79 Å². The second-order valence-corrected chi connectivity index (χ2v) is 3.48. The number of ether oxygens (including phenoxy) is 1. The molecule has 2 aromatic rings. The predicted octanol–water partition coefficient (Wildman–Crippen LogP) is 2.12. The topological polar surface area (TPSA) is 70.2 Å². The molecule has 0 radical (unpaired) electrons. The van der Waals surface area contributed by atoms with Gasteiger partial charge in [-0.05, 0) is 13.8 Å². The standard InChI is InChI=1S/C12H13N3O3/c1-4-15-7-6-13-10(15)11-14-9(8(3)18-11)12(16)17-5-2/h4,6-7H,1,5H2,2-3H3. The molecule has 0 spiro atoms. The second-order valence-electron chi connectivity index (χ2n) is 3.48. The molecule has 94 valence electrons. The zero-order chi connectivity index (χ0) is 13.1. The highest BCUT2D eigenvalue weighted by atomic mass is 16.5. The maximum absolute atomic E-state index is 11.6. The van der Waals surface area contributed by atoms with E-state index in [1.807, 2.05) is 0 Å². The molecule has 0 saturated heterocycles. The Morgan fingerprint density at radius 3 is 3.11 bits per heavy atom. The number of rotatable bonds is 4. The summed E-state index contributed by atoms with van der Waals surface area (Å²) in [5.41, 5.74) is 0.172. The average Bonchev–Trinajstić information content (AvgIpc) is 2.94. The summed E-state index contributed by atoms with van der Waals surface area (Å²) in [7, 11) is 0. The van der Waals surface area contributed by atoms with Gasteiger partial charge < -0.3 is 13.7 Å². The number of hydrogen-bond donors (Lipinski definition) is 0. The summed E-state index contributed by atoms with van der Waals surface area (Å²) in [5, 5.41) is 0. The van der Waals surface area contributed by atoms with Crippen LogP contribution in [0.4, 0.5) is 0 Å². The van der Waals surface area contributed by atoms with E-state index in [0.29, 0.717) is 18.2 Å². The van der Waals surface area contributed by atoms with Crippen LogP contribution in [-0.4, -0.2) is 27.1 Å². The zero-order valence-electron chi connectivity index (χ0n) is 10.2. The van der Waals surface area contributed by atoms with Crippen LogP contribution in [0.25, 0.3) is 17.9 Å². The number of aryl methyl sites for hydroxylation is 1. The van der Waals surface area contributed by atoms with Crippen molar-refractivity contribution in [1.82, 2.24) is 14.5 Å². The molecule has 0 aliphatic heterocycles. The molecule has 0 fully saturated rings. The Bertz CT molecular complexity index is 583. The number of oxazole rings is 1. The lowest BCUT2D eigenvalue weighted by Gasteiger charge is -1.96. The molecule has 0 N–H and O–H groups in total. The Morgan fingerprint density at radius 2 is 2.44 bits per heavy atom. The number of nitrogens with zero attached hydrogens (tertiary/aromatic N) is 3. The van der Waals surface area contributed by atoms with Gasteiger partial charge in [0.2, 0.25) is 5.82 Å². The molecule has 0 aliphatic carbocycles. The summed E-state index contributed by atoms with van der Waals surface area (Å²) in [4.78, 5) is 19.8. The normalized spacial score (nSPS) is 10.3. The smallest absolute Gasteiger partial charge is 0.360 e. The Labute approximate surface area is 104 Å². The van der Waals surface area contributed by atoms with Gasteiger partial charge >= 0.3 is 5.97 Å². The summed E-state index contributed by atoms with van der Waals surface area (Å²) < 4.78 is 12.0. The SMILES string of the molecule is C=Cn1ccnc1-c1nc(C(=O)OCC)c(C)o1. The molecule has 0 saturated carbocycles. The number of hydrogen-bond acceptors (Lipinski definition) is 5. The summed E-state index contributed by atoms with van der Waals surface area (Å²) in [6.07, 6.45) is 4.89. The van der Waals surface area contributed by atoms with E-state index >= 15 is 0 Å². The van der Waals surface area contributed by atoms with Crippen LogP contribution in [0.1, 0.15) is 23.2 Å². The maximum Gasteiger partial charge on any atom is 0.360 e. The van der Waals surface area contributed by atoms with E-state index in [4.69, 9.17) is 9.15 Å². The number of imidazole rings is 1. The van der Waals surface area contributed by atoms with Gasteiger partial charge in [0.25, 0.3) is 5.89 Å². The monoisotopic (exact) mass is 247 g/mol. The molecular formula is C12H13N3O3. The van der Waals surface area contributed by atoms with Gasteiger partial charge in [-0.15, -0.1) is 0 Å². The van der Waals surface area contributed by atoms with Crippen LogP contribution in [0.2, 0.25) is 0 Å². The van der Waals surface area contributed by atoms with Crippen LogP contribution >= 0.6 is 0 Å². The first kappa shape index (κ1) is 12.1. The molecule has 0 aromatic carbocycles. The van der Waals surface area contributed by atoms with Gasteiger partial charge in [-0.1, -0.05) is 6.58 Å². The fraction of sp³-hybridized carbons (Fsp3) is 0.250. The van der Waals surface area contributed by atoms with Crippen LogP contribution < -0.4 is 0 Å². The van der Waals surface area contributed by atoms with Crippen LogP contribution in [0, 0.1) is 6.92 Å². The number of aromatic nitrogens is 3. The average molecular weight is 247 g/mol. The van der Waals surface area contributed by atoms with Gasteiger partial charge in [0.1, 0.15) is 5.76 Å². The van der Waals surface area contributed by atoms with Crippen molar-refractivity contribution in [3.05, 3.63) is 30.4 Å². The van der Waals surface area contributed by atoms with E-state index in [1.54, 1.807) is 37.0 Å². The molecule has 2 rings (SSSR count). The molecule has 0 bridgehead atoms. The van der Waals surface area contributed by atoms with Crippen molar-refractivity contribution in [2.24, 2.45) is 0 Å². The molecule has 2 aromatic heterocycles. The molecule has 2 heterocycles. The highest BCUT2D eigenvalue weighted by Gasteiger charge is 2.20. The van der Waals surface area contributed by atoms with E-state index in [-0.39, 0.29) is 11.6 Å². The zero-order valence-corrected chi connectivity index (χ0v) is 10.2. The summed E-state index contributed by atoms with van der Waals surface area (Å²) in [6, 6.07) is 0. The Kier molecular flexibility index (Phi) is 3.27. The van der Waals surface area contributed by atoms with Crippen molar-refractivity contribution in [1.29, 1.82) is 0 Å². The van der Waals surface area contributed by atoms with Crippen molar-refractivity contribution in [3.8, 4) is 11.7 Å². The largest absolute Gasteiger partial charge is 0.461 e. The lowest BCUT2D eigenvalue weighted by Crippen LogP contribution is -2.06. The van der Waals surface area contributed by atoms with Crippen molar-refractivity contribution in [3.63, 3.8) is 0 Å². The van der Waals surface area contributed by atoms with Crippen LogP contribution in [-0.2, 0) is 4.74 Å². The summed E-state index contributed by atoms with van der Waals surface area (Å²) in [6.45, 7) is 7.33. The Balaban J connectivity index is 2.40.